The molecule has 1 aromatic rings. The van der Waals surface area contributed by atoms with Gasteiger partial charge in [0.15, 0.2) is 0 Å². The van der Waals surface area contributed by atoms with Crippen LogP contribution in [0.15, 0.2) is 18.2 Å². The van der Waals surface area contributed by atoms with Crippen molar-refractivity contribution in [2.45, 2.75) is 45.3 Å². The second kappa shape index (κ2) is 4.19. The van der Waals surface area contributed by atoms with E-state index in [1.54, 1.807) is 0 Å². The van der Waals surface area contributed by atoms with Crippen molar-refractivity contribution in [2.75, 3.05) is 6.61 Å². The Morgan fingerprint density at radius 1 is 1.25 bits per heavy atom. The highest BCUT2D eigenvalue weighted by atomic mass is 16.5. The molecule has 2 atom stereocenters. The third kappa shape index (κ3) is 2.28. The van der Waals surface area contributed by atoms with Crippen LogP contribution in [0.4, 0.5) is 0 Å². The number of benzene rings is 1. The minimum Gasteiger partial charge on any atom is -0.370 e. The first-order valence-corrected chi connectivity index (χ1v) is 5.98. The summed E-state index contributed by atoms with van der Waals surface area (Å²) in [5.41, 5.74) is 9.69. The van der Waals surface area contributed by atoms with Crippen LogP contribution in [-0.4, -0.2) is 12.6 Å². The molecule has 2 heteroatoms. The fourth-order valence-corrected chi connectivity index (χ4v) is 2.58. The molecule has 0 saturated carbocycles. The quantitative estimate of drug-likeness (QED) is 0.788. The molecular weight excluding hydrogens is 198 g/mol. The summed E-state index contributed by atoms with van der Waals surface area (Å²) in [6.07, 6.45) is 1.89. The first kappa shape index (κ1) is 11.6. The van der Waals surface area contributed by atoms with Gasteiger partial charge in [-0.15, -0.1) is 0 Å². The first-order chi connectivity index (χ1) is 7.49. The molecule has 0 bridgehead atoms. The van der Waals surface area contributed by atoms with E-state index in [4.69, 9.17) is 10.5 Å². The van der Waals surface area contributed by atoms with Gasteiger partial charge in [-0.1, -0.05) is 29.3 Å². The molecule has 1 aromatic carbocycles. The van der Waals surface area contributed by atoms with Crippen LogP contribution in [0, 0.1) is 13.8 Å². The van der Waals surface area contributed by atoms with Gasteiger partial charge in [0.05, 0.1) is 5.60 Å². The lowest BCUT2D eigenvalue weighted by atomic mass is 9.85. The third-order valence-corrected chi connectivity index (χ3v) is 3.39. The van der Waals surface area contributed by atoms with Crippen molar-refractivity contribution >= 4 is 0 Å². The Morgan fingerprint density at radius 3 is 2.44 bits per heavy atom. The minimum atomic E-state index is -0.200. The van der Waals surface area contributed by atoms with E-state index in [0.29, 0.717) is 0 Å². The molecule has 1 aliphatic heterocycles. The van der Waals surface area contributed by atoms with Crippen molar-refractivity contribution in [2.24, 2.45) is 5.73 Å². The summed E-state index contributed by atoms with van der Waals surface area (Å²) in [7, 11) is 0. The van der Waals surface area contributed by atoms with Gasteiger partial charge < -0.3 is 10.5 Å². The van der Waals surface area contributed by atoms with Crippen molar-refractivity contribution < 1.29 is 4.74 Å². The molecule has 16 heavy (non-hydrogen) atoms. The third-order valence-electron chi connectivity index (χ3n) is 3.39. The second-order valence-electron chi connectivity index (χ2n) is 5.21. The van der Waals surface area contributed by atoms with Crippen LogP contribution < -0.4 is 5.73 Å². The van der Waals surface area contributed by atoms with Crippen molar-refractivity contribution in [1.82, 2.24) is 0 Å². The molecule has 0 aromatic heterocycles. The molecular formula is C14H21NO. The summed E-state index contributed by atoms with van der Waals surface area (Å²) in [6.45, 7) is 7.18. The molecule has 0 aliphatic carbocycles. The van der Waals surface area contributed by atoms with Gasteiger partial charge in [0, 0.05) is 12.6 Å². The molecule has 0 amide bonds. The number of nitrogens with two attached hydrogens (primary N) is 1. The lowest BCUT2D eigenvalue weighted by molar-refractivity contribution is -0.0766. The zero-order valence-electron chi connectivity index (χ0n) is 10.4. The van der Waals surface area contributed by atoms with E-state index < -0.39 is 0 Å². The predicted octanol–water partition coefficient (Wildman–Crippen LogP) is 2.66. The van der Waals surface area contributed by atoms with Gasteiger partial charge in [-0.3, -0.25) is 0 Å². The smallest absolute Gasteiger partial charge is 0.0918 e. The first-order valence-electron chi connectivity index (χ1n) is 5.98. The monoisotopic (exact) mass is 219 g/mol. The molecule has 0 radical (unpaired) electrons. The van der Waals surface area contributed by atoms with Crippen LogP contribution in [0.5, 0.6) is 0 Å². The lowest BCUT2D eigenvalue weighted by Crippen LogP contribution is -2.41. The number of rotatable bonds is 1. The van der Waals surface area contributed by atoms with Crippen LogP contribution in [0.2, 0.25) is 0 Å². The predicted molar refractivity (Wildman–Crippen MR) is 66.4 cm³/mol. The Bertz CT molecular complexity index is 368. The van der Waals surface area contributed by atoms with E-state index in [9.17, 15) is 0 Å². The van der Waals surface area contributed by atoms with Gasteiger partial charge >= 0.3 is 0 Å². The Labute approximate surface area is 97.8 Å². The van der Waals surface area contributed by atoms with Crippen LogP contribution in [0.1, 0.15) is 36.5 Å². The van der Waals surface area contributed by atoms with Gasteiger partial charge in [-0.05, 0) is 39.2 Å². The summed E-state index contributed by atoms with van der Waals surface area (Å²) in [6, 6.07) is 6.88. The Balaban J connectivity index is 2.34. The molecule has 2 N–H and O–H groups in total. The molecule has 1 fully saturated rings. The van der Waals surface area contributed by atoms with E-state index in [2.05, 4.69) is 39.0 Å². The zero-order chi connectivity index (χ0) is 11.8. The molecule has 88 valence electrons. The van der Waals surface area contributed by atoms with Crippen molar-refractivity contribution in [3.8, 4) is 0 Å². The highest BCUT2D eigenvalue weighted by molar-refractivity contribution is 5.32. The van der Waals surface area contributed by atoms with E-state index in [1.165, 1.54) is 16.7 Å². The van der Waals surface area contributed by atoms with Crippen LogP contribution in [0.3, 0.4) is 0 Å². The number of ether oxygens (including phenoxy) is 1. The van der Waals surface area contributed by atoms with Gasteiger partial charge in [-0.25, -0.2) is 0 Å². The number of hydrogen-bond donors (Lipinski definition) is 1. The van der Waals surface area contributed by atoms with Gasteiger partial charge in [0.1, 0.15) is 0 Å². The van der Waals surface area contributed by atoms with E-state index in [0.717, 1.165) is 19.4 Å². The van der Waals surface area contributed by atoms with Gasteiger partial charge in [0.2, 0.25) is 0 Å². The molecule has 1 aliphatic rings. The average Bonchev–Trinajstić information content (AvgIpc) is 2.15. The fraction of sp³-hybridized carbons (Fsp3) is 0.571. The second-order valence-corrected chi connectivity index (χ2v) is 5.21. The molecule has 2 unspecified atom stereocenters. The summed E-state index contributed by atoms with van der Waals surface area (Å²) >= 11 is 0. The van der Waals surface area contributed by atoms with Gasteiger partial charge in [-0.2, -0.15) is 0 Å². The maximum Gasteiger partial charge on any atom is 0.0918 e. The van der Waals surface area contributed by atoms with Crippen LogP contribution >= 0.6 is 0 Å². The normalized spacial score (nSPS) is 30.4. The fourth-order valence-electron chi connectivity index (χ4n) is 2.58. The summed E-state index contributed by atoms with van der Waals surface area (Å²) < 4.78 is 5.95. The summed E-state index contributed by atoms with van der Waals surface area (Å²) in [5.74, 6) is 0. The maximum absolute atomic E-state index is 6.04. The Morgan fingerprint density at radius 2 is 1.88 bits per heavy atom. The van der Waals surface area contributed by atoms with Crippen molar-refractivity contribution in [1.29, 1.82) is 0 Å². The standard InChI is InChI=1S/C14H21NO/c1-10-6-11(2)8-12(7-10)14(3)9-13(15)4-5-16-14/h6-8,13H,4-5,9,15H2,1-3H3. The van der Waals surface area contributed by atoms with Crippen LogP contribution in [0.25, 0.3) is 0 Å². The molecule has 1 heterocycles. The van der Waals surface area contributed by atoms with Crippen molar-refractivity contribution in [3.63, 3.8) is 0 Å². The van der Waals surface area contributed by atoms with E-state index in [-0.39, 0.29) is 11.6 Å². The molecule has 1 saturated heterocycles. The van der Waals surface area contributed by atoms with Crippen LogP contribution in [-0.2, 0) is 10.3 Å². The maximum atomic E-state index is 6.04. The van der Waals surface area contributed by atoms with E-state index in [1.807, 2.05) is 0 Å². The Hall–Kier alpha value is -0.860. The topological polar surface area (TPSA) is 35.2 Å². The molecule has 2 nitrogen and oxygen atoms in total. The van der Waals surface area contributed by atoms with Crippen molar-refractivity contribution in [3.05, 3.63) is 34.9 Å². The van der Waals surface area contributed by atoms with Gasteiger partial charge in [0.25, 0.3) is 0 Å². The highest BCUT2D eigenvalue weighted by Crippen LogP contribution is 2.35. The summed E-state index contributed by atoms with van der Waals surface area (Å²) in [5, 5.41) is 0. The summed E-state index contributed by atoms with van der Waals surface area (Å²) in [4.78, 5) is 0. The SMILES string of the molecule is Cc1cc(C)cc(C2(C)CC(N)CCO2)c1. The minimum absolute atomic E-state index is 0.200. The average molecular weight is 219 g/mol. The molecule has 2 rings (SSSR count). The number of hydrogen-bond acceptors (Lipinski definition) is 2. The lowest BCUT2D eigenvalue weighted by Gasteiger charge is -2.37. The number of aryl methyl sites for hydroxylation is 2. The Kier molecular flexibility index (Phi) is 3.04. The highest BCUT2D eigenvalue weighted by Gasteiger charge is 2.33. The zero-order valence-corrected chi connectivity index (χ0v) is 10.4. The molecule has 0 spiro atoms. The van der Waals surface area contributed by atoms with E-state index >= 15 is 0 Å². The largest absolute Gasteiger partial charge is 0.370 e.